The lowest BCUT2D eigenvalue weighted by molar-refractivity contribution is -0.121. The van der Waals surface area contributed by atoms with Gasteiger partial charge in [-0.2, -0.15) is 13.2 Å². The van der Waals surface area contributed by atoms with Gasteiger partial charge in [-0.25, -0.2) is 0 Å². The van der Waals surface area contributed by atoms with Crippen LogP contribution in [0.15, 0.2) is 47.5 Å². The van der Waals surface area contributed by atoms with Crippen molar-refractivity contribution in [3.63, 3.8) is 0 Å². The van der Waals surface area contributed by atoms with Crippen LogP contribution in [0.1, 0.15) is 6.42 Å². The number of alkyl halides is 3. The fraction of sp³-hybridized carbons (Fsp3) is 0.273. The molecule has 3 nitrogen and oxygen atoms in total. The van der Waals surface area contributed by atoms with E-state index in [4.69, 9.17) is 5.11 Å². The van der Waals surface area contributed by atoms with Crippen molar-refractivity contribution in [2.75, 3.05) is 6.54 Å². The Morgan fingerprint density at radius 3 is 2.59 bits per heavy atom. The second-order valence-electron chi connectivity index (χ2n) is 3.68. The average molecular weight is 244 g/mol. The molecule has 0 aromatic carbocycles. The molecule has 0 aromatic heterocycles. The van der Waals surface area contributed by atoms with Gasteiger partial charge in [0.15, 0.2) is 0 Å². The first-order chi connectivity index (χ1) is 7.98. The lowest BCUT2D eigenvalue weighted by Gasteiger charge is -2.22. The van der Waals surface area contributed by atoms with Gasteiger partial charge in [0.25, 0.3) is 0 Å². The van der Waals surface area contributed by atoms with E-state index in [1.807, 2.05) is 6.08 Å². The van der Waals surface area contributed by atoms with Crippen LogP contribution in [0, 0.1) is 0 Å². The predicted octanol–water partition coefficient (Wildman–Crippen LogP) is 2.54. The molecule has 0 atom stereocenters. The molecule has 0 amide bonds. The van der Waals surface area contributed by atoms with Gasteiger partial charge in [-0.3, -0.25) is 5.01 Å². The highest BCUT2D eigenvalue weighted by Crippen LogP contribution is 2.30. The quantitative estimate of drug-likeness (QED) is 0.696. The largest absolute Gasteiger partial charge is 0.504 e. The van der Waals surface area contributed by atoms with Crippen LogP contribution >= 0.6 is 0 Å². The van der Waals surface area contributed by atoms with Crippen LogP contribution in [0.4, 0.5) is 13.2 Å². The smallest absolute Gasteiger partial charge is 0.448 e. The van der Waals surface area contributed by atoms with E-state index >= 15 is 0 Å². The fourth-order valence-corrected chi connectivity index (χ4v) is 1.63. The first kappa shape index (κ1) is 11.6. The van der Waals surface area contributed by atoms with Gasteiger partial charge in [-0.15, -0.1) is 0 Å². The van der Waals surface area contributed by atoms with E-state index in [9.17, 15) is 13.2 Å². The Kier molecular flexibility index (Phi) is 2.87. The van der Waals surface area contributed by atoms with E-state index in [0.29, 0.717) is 6.54 Å². The number of nitrogens with one attached hydrogen (secondary N) is 1. The molecule has 6 heteroatoms. The van der Waals surface area contributed by atoms with Crippen molar-refractivity contribution in [2.24, 2.45) is 0 Å². The van der Waals surface area contributed by atoms with Crippen LogP contribution < -0.4 is 5.43 Å². The molecule has 1 aliphatic heterocycles. The summed E-state index contributed by atoms with van der Waals surface area (Å²) in [5, 5.41) is 10.8. The fourth-order valence-electron chi connectivity index (χ4n) is 1.63. The summed E-state index contributed by atoms with van der Waals surface area (Å²) in [6, 6.07) is 0. The van der Waals surface area contributed by atoms with Crippen LogP contribution in [-0.4, -0.2) is 22.8 Å². The number of hydrogen-bond donors (Lipinski definition) is 2. The molecular formula is C11H11F3N2O. The van der Waals surface area contributed by atoms with E-state index < -0.39 is 11.9 Å². The maximum Gasteiger partial charge on any atom is 0.448 e. The maximum absolute atomic E-state index is 12.2. The summed E-state index contributed by atoms with van der Waals surface area (Å²) in [7, 11) is 0. The second kappa shape index (κ2) is 4.20. The lowest BCUT2D eigenvalue weighted by Crippen LogP contribution is -2.29. The number of nitrogens with zero attached hydrogens (tertiary/aromatic N) is 1. The highest BCUT2D eigenvalue weighted by atomic mass is 19.4. The molecule has 0 bridgehead atoms. The predicted molar refractivity (Wildman–Crippen MR) is 56.5 cm³/mol. The Hall–Kier alpha value is -1.85. The summed E-state index contributed by atoms with van der Waals surface area (Å²) in [5.74, 6) is -1.52. The van der Waals surface area contributed by atoms with Crippen molar-refractivity contribution in [1.82, 2.24) is 10.4 Å². The van der Waals surface area contributed by atoms with Crippen LogP contribution in [0.25, 0.3) is 0 Å². The van der Waals surface area contributed by atoms with E-state index in [-0.39, 0.29) is 12.0 Å². The third kappa shape index (κ3) is 2.46. The Morgan fingerprint density at radius 2 is 2.12 bits per heavy atom. The minimum atomic E-state index is -4.68. The van der Waals surface area contributed by atoms with Crippen LogP contribution in [0.3, 0.4) is 0 Å². The van der Waals surface area contributed by atoms with Gasteiger partial charge in [0.2, 0.25) is 5.76 Å². The molecule has 0 unspecified atom stereocenters. The van der Waals surface area contributed by atoms with Crippen LogP contribution in [0.5, 0.6) is 0 Å². The van der Waals surface area contributed by atoms with E-state index in [1.54, 1.807) is 23.4 Å². The number of aliphatic hydroxyl groups excluding tert-OH is 1. The molecule has 0 radical (unpaired) electrons. The molecule has 0 fully saturated rings. The van der Waals surface area contributed by atoms with E-state index in [1.165, 1.54) is 6.08 Å². The van der Waals surface area contributed by atoms with Gasteiger partial charge in [-0.05, 0) is 18.6 Å². The third-order valence-corrected chi connectivity index (χ3v) is 2.51. The molecule has 2 N–H and O–H groups in total. The zero-order valence-electron chi connectivity index (χ0n) is 8.83. The number of halogens is 3. The summed E-state index contributed by atoms with van der Waals surface area (Å²) in [6.45, 7) is 0.667. The molecular weight excluding hydrogens is 233 g/mol. The van der Waals surface area contributed by atoms with Crippen LogP contribution in [0.2, 0.25) is 0 Å². The Morgan fingerprint density at radius 1 is 1.35 bits per heavy atom. The topological polar surface area (TPSA) is 35.5 Å². The van der Waals surface area contributed by atoms with Gasteiger partial charge in [0, 0.05) is 11.8 Å². The SMILES string of the molecule is O/C(=C1/C=CC(N2CC=CN2)=CC1)C(F)(F)F. The minimum Gasteiger partial charge on any atom is -0.504 e. The zero-order chi connectivity index (χ0) is 12.5. The molecule has 0 aromatic rings. The zero-order valence-corrected chi connectivity index (χ0v) is 8.83. The normalized spacial score (nSPS) is 22.5. The summed E-state index contributed by atoms with van der Waals surface area (Å²) in [6.07, 6.45) is 3.50. The van der Waals surface area contributed by atoms with Crippen LogP contribution in [-0.2, 0) is 0 Å². The van der Waals surface area contributed by atoms with Crippen molar-refractivity contribution >= 4 is 0 Å². The molecule has 0 spiro atoms. The molecule has 1 aliphatic carbocycles. The monoisotopic (exact) mass is 244 g/mol. The van der Waals surface area contributed by atoms with E-state index in [0.717, 1.165) is 5.70 Å². The maximum atomic E-state index is 12.2. The number of hydrazine groups is 1. The molecule has 17 heavy (non-hydrogen) atoms. The Labute approximate surface area is 96.2 Å². The summed E-state index contributed by atoms with van der Waals surface area (Å²) in [5.41, 5.74) is 3.60. The second-order valence-corrected chi connectivity index (χ2v) is 3.68. The lowest BCUT2D eigenvalue weighted by atomic mass is 10.0. The van der Waals surface area contributed by atoms with Gasteiger partial charge in [0.05, 0.1) is 12.2 Å². The first-order valence-corrected chi connectivity index (χ1v) is 5.05. The van der Waals surface area contributed by atoms with Crippen molar-refractivity contribution < 1.29 is 18.3 Å². The van der Waals surface area contributed by atoms with Gasteiger partial charge < -0.3 is 10.5 Å². The van der Waals surface area contributed by atoms with E-state index in [2.05, 4.69) is 5.43 Å². The number of hydrogen-bond acceptors (Lipinski definition) is 3. The van der Waals surface area contributed by atoms with Gasteiger partial charge in [0.1, 0.15) is 0 Å². The summed E-state index contributed by atoms with van der Waals surface area (Å²) >= 11 is 0. The van der Waals surface area contributed by atoms with Gasteiger partial charge in [-0.1, -0.05) is 12.2 Å². The summed E-state index contributed by atoms with van der Waals surface area (Å²) in [4.78, 5) is 0. The Bertz CT molecular complexity index is 424. The first-order valence-electron chi connectivity index (χ1n) is 5.05. The van der Waals surface area contributed by atoms with Crippen molar-refractivity contribution in [3.8, 4) is 0 Å². The van der Waals surface area contributed by atoms with Crippen molar-refractivity contribution in [2.45, 2.75) is 12.6 Å². The number of aliphatic hydroxyl groups is 1. The minimum absolute atomic E-state index is 0.0648. The molecule has 0 saturated carbocycles. The summed E-state index contributed by atoms with van der Waals surface area (Å²) < 4.78 is 36.7. The van der Waals surface area contributed by atoms with Crippen molar-refractivity contribution in [1.29, 1.82) is 0 Å². The molecule has 2 aliphatic rings. The molecule has 0 saturated heterocycles. The average Bonchev–Trinajstić information content (AvgIpc) is 2.80. The highest BCUT2D eigenvalue weighted by molar-refractivity contribution is 5.37. The van der Waals surface area contributed by atoms with Gasteiger partial charge >= 0.3 is 6.18 Å². The third-order valence-electron chi connectivity index (χ3n) is 2.51. The molecule has 92 valence electrons. The Balaban J connectivity index is 2.10. The standard InChI is InChI=1S/C11H11F3N2O/c12-11(13,14)10(17)8-2-4-9(5-3-8)16-7-1-6-15-16/h1-2,4-6,15,17H,3,7H2/b10-8-. The number of rotatable bonds is 1. The molecule has 1 heterocycles. The molecule has 2 rings (SSSR count). The highest BCUT2D eigenvalue weighted by Gasteiger charge is 2.36. The van der Waals surface area contributed by atoms with Crippen molar-refractivity contribution in [3.05, 3.63) is 47.5 Å². The number of allylic oxidation sites excluding steroid dienone is 5.